The van der Waals surface area contributed by atoms with Crippen molar-refractivity contribution >= 4 is 18.5 Å². The van der Waals surface area contributed by atoms with Crippen molar-refractivity contribution in [2.75, 3.05) is 0 Å². The molecular formula is C25H25FeP+2. The summed E-state index contributed by atoms with van der Waals surface area (Å²) in [6.07, 6.45) is 18.8. The summed E-state index contributed by atoms with van der Waals surface area (Å²) in [7, 11) is -0.462. The Balaban J connectivity index is 0.000000379. The van der Waals surface area contributed by atoms with Gasteiger partial charge in [0.25, 0.3) is 0 Å². The number of hydrogen-bond acceptors (Lipinski definition) is 0. The van der Waals surface area contributed by atoms with E-state index >= 15 is 0 Å². The molecule has 0 saturated heterocycles. The molecule has 2 fully saturated rings. The Bertz CT molecular complexity index is 635. The van der Waals surface area contributed by atoms with Crippen molar-refractivity contribution in [2.45, 2.75) is 19.8 Å². The fourth-order valence-electron chi connectivity index (χ4n) is 3.02. The van der Waals surface area contributed by atoms with Crippen LogP contribution in [-0.2, 0) is 17.1 Å². The maximum absolute atomic E-state index is 2.31. The van der Waals surface area contributed by atoms with E-state index in [0.29, 0.717) is 5.92 Å². The quantitative estimate of drug-likeness (QED) is 0.452. The molecule has 4 rings (SSSR count). The molecule has 0 aliphatic heterocycles. The van der Waals surface area contributed by atoms with Crippen LogP contribution in [0.2, 0.25) is 0 Å². The summed E-state index contributed by atoms with van der Waals surface area (Å²) < 4.78 is 0. The van der Waals surface area contributed by atoms with E-state index in [1.807, 2.05) is 32.1 Å². The molecule has 0 aromatic heterocycles. The molecule has 0 amide bonds. The molecule has 2 heteroatoms. The molecule has 0 unspecified atom stereocenters. The minimum atomic E-state index is -0.462. The molecule has 27 heavy (non-hydrogen) atoms. The second kappa shape index (κ2) is 12.1. The first kappa shape index (κ1) is 22.7. The number of rotatable bonds is 4. The van der Waals surface area contributed by atoms with E-state index in [2.05, 4.69) is 94.1 Å². The largest absolute Gasteiger partial charge is 2.00 e. The van der Waals surface area contributed by atoms with Gasteiger partial charge in [-0.05, 0) is 87.8 Å². The molecule has 2 aromatic rings. The van der Waals surface area contributed by atoms with Gasteiger partial charge in [-0.25, -0.2) is 0 Å². The fourth-order valence-corrected chi connectivity index (χ4v) is 5.64. The third-order valence-electron chi connectivity index (χ3n) is 4.27. The third kappa shape index (κ3) is 6.45. The molecule has 2 aromatic carbocycles. The zero-order valence-electron chi connectivity index (χ0n) is 15.8. The van der Waals surface area contributed by atoms with Gasteiger partial charge in [-0.1, -0.05) is 68.4 Å². The standard InChI is InChI=1S/C20H20P.C5H5.Fe/c1-16(2)19-14-8-9-15-20(19)21(18-12-6-7-13-18)17-10-4-3-5-11-17;1-2-4-5-3-1;/h3-16H,1-2H3;1-5H;/q;;+2/t21-;;/m0../s1. The van der Waals surface area contributed by atoms with Gasteiger partial charge >= 0.3 is 17.1 Å². The van der Waals surface area contributed by atoms with Crippen LogP contribution in [0.5, 0.6) is 0 Å². The molecule has 0 nitrogen and oxygen atoms in total. The van der Waals surface area contributed by atoms with Crippen molar-refractivity contribution in [3.05, 3.63) is 124 Å². The van der Waals surface area contributed by atoms with Gasteiger partial charge in [-0.3, -0.25) is 0 Å². The molecule has 0 N–H and O–H groups in total. The number of hydrogen-bond donors (Lipinski definition) is 0. The minimum absolute atomic E-state index is 0. The summed E-state index contributed by atoms with van der Waals surface area (Å²) in [6, 6.07) is 19.8. The van der Waals surface area contributed by atoms with Crippen LogP contribution < -0.4 is 10.6 Å². The monoisotopic (exact) mass is 412 g/mol. The van der Waals surface area contributed by atoms with E-state index in [-0.39, 0.29) is 17.1 Å². The summed E-state index contributed by atoms with van der Waals surface area (Å²) in [4.78, 5) is 0. The van der Waals surface area contributed by atoms with Crippen LogP contribution in [0.25, 0.3) is 0 Å². The van der Waals surface area contributed by atoms with Gasteiger partial charge in [0.05, 0.1) is 0 Å². The Morgan fingerprint density at radius 3 is 1.70 bits per heavy atom. The Kier molecular flexibility index (Phi) is 10.1. The number of benzene rings is 2. The van der Waals surface area contributed by atoms with Gasteiger partial charge in [0.1, 0.15) is 0 Å². The summed E-state index contributed by atoms with van der Waals surface area (Å²) in [5.74, 6) is 0.546. The topological polar surface area (TPSA) is 0 Å². The van der Waals surface area contributed by atoms with E-state index in [0.717, 1.165) is 0 Å². The summed E-state index contributed by atoms with van der Waals surface area (Å²) in [6.45, 7) is 4.56. The predicted octanol–water partition coefficient (Wildman–Crippen LogP) is 5.62. The molecule has 0 spiro atoms. The minimum Gasteiger partial charge on any atom is -0.0622 e. The molecule has 2 aliphatic carbocycles. The predicted molar refractivity (Wildman–Crippen MR) is 115 cm³/mol. The second-order valence-corrected chi connectivity index (χ2v) is 8.68. The Hall–Kier alpha value is -0.611. The van der Waals surface area contributed by atoms with Crippen molar-refractivity contribution in [1.82, 2.24) is 0 Å². The summed E-state index contributed by atoms with van der Waals surface area (Å²) >= 11 is 0. The molecular weight excluding hydrogens is 387 g/mol. The fraction of sp³-hybridized carbons (Fsp3) is 0.120. The average Bonchev–Trinajstić information content (AvgIpc) is 3.40. The SMILES string of the molecule is CC(C)c1ccccc1[P@]([C]1[CH][CH][CH][CH]1)c1ccccc1.[CH]1[CH][CH][CH][CH]1.[Fe+2]. The molecule has 10 radical (unpaired) electrons. The zero-order valence-corrected chi connectivity index (χ0v) is 17.8. The molecule has 2 aliphatic rings. The summed E-state index contributed by atoms with van der Waals surface area (Å²) in [5.41, 5.74) is 2.90. The Morgan fingerprint density at radius 1 is 0.630 bits per heavy atom. The van der Waals surface area contributed by atoms with Crippen molar-refractivity contribution in [3.8, 4) is 0 Å². The van der Waals surface area contributed by atoms with Crippen LogP contribution in [0.15, 0.2) is 54.6 Å². The van der Waals surface area contributed by atoms with Crippen LogP contribution in [0.1, 0.15) is 25.3 Å². The second-order valence-electron chi connectivity index (χ2n) is 6.49. The average molecular weight is 412 g/mol. The van der Waals surface area contributed by atoms with Crippen molar-refractivity contribution in [2.24, 2.45) is 0 Å². The van der Waals surface area contributed by atoms with Crippen molar-refractivity contribution in [3.63, 3.8) is 0 Å². The van der Waals surface area contributed by atoms with Crippen LogP contribution in [0.3, 0.4) is 0 Å². The van der Waals surface area contributed by atoms with Crippen molar-refractivity contribution < 1.29 is 17.1 Å². The van der Waals surface area contributed by atoms with Gasteiger partial charge in [0.2, 0.25) is 0 Å². The van der Waals surface area contributed by atoms with Gasteiger partial charge in [0, 0.05) is 5.66 Å². The van der Waals surface area contributed by atoms with Crippen molar-refractivity contribution in [1.29, 1.82) is 0 Å². The van der Waals surface area contributed by atoms with E-state index in [1.165, 1.54) is 21.8 Å². The van der Waals surface area contributed by atoms with Gasteiger partial charge in [0.15, 0.2) is 0 Å². The van der Waals surface area contributed by atoms with Crippen LogP contribution in [-0.4, -0.2) is 0 Å². The van der Waals surface area contributed by atoms with Gasteiger partial charge < -0.3 is 0 Å². The molecule has 0 heterocycles. The molecule has 136 valence electrons. The van der Waals surface area contributed by atoms with Gasteiger partial charge in [-0.2, -0.15) is 0 Å². The van der Waals surface area contributed by atoms with Gasteiger partial charge in [-0.15, -0.1) is 0 Å². The van der Waals surface area contributed by atoms with Crippen LogP contribution >= 0.6 is 7.92 Å². The van der Waals surface area contributed by atoms with Crippen LogP contribution in [0, 0.1) is 63.4 Å². The normalized spacial score (nSPS) is 17.9. The van der Waals surface area contributed by atoms with E-state index < -0.39 is 7.92 Å². The first-order chi connectivity index (χ1) is 12.8. The van der Waals surface area contributed by atoms with Crippen LogP contribution in [0.4, 0.5) is 0 Å². The molecule has 0 bridgehead atoms. The Labute approximate surface area is 178 Å². The third-order valence-corrected chi connectivity index (χ3v) is 6.79. The molecule has 2 saturated carbocycles. The first-order valence-electron chi connectivity index (χ1n) is 9.10. The van der Waals surface area contributed by atoms with E-state index in [4.69, 9.17) is 0 Å². The maximum Gasteiger partial charge on any atom is 2.00 e. The smallest absolute Gasteiger partial charge is 0.0622 e. The zero-order chi connectivity index (χ0) is 18.2. The Morgan fingerprint density at radius 2 is 1.15 bits per heavy atom. The first-order valence-corrected chi connectivity index (χ1v) is 10.4. The maximum atomic E-state index is 2.31. The molecule has 1 atom stereocenters. The van der Waals surface area contributed by atoms with E-state index in [9.17, 15) is 0 Å². The summed E-state index contributed by atoms with van der Waals surface area (Å²) in [5, 5.41) is 2.91. The van der Waals surface area contributed by atoms with E-state index in [1.54, 1.807) is 0 Å².